The fraction of sp³-hybridized carbons (Fsp3) is 0.885. The quantitative estimate of drug-likeness (QED) is 0.439. The van der Waals surface area contributed by atoms with Crippen molar-refractivity contribution in [2.24, 2.45) is 28.6 Å². The Bertz CT molecular complexity index is 932. The predicted octanol–water partition coefficient (Wildman–Crippen LogP) is 1.43. The van der Waals surface area contributed by atoms with Crippen LogP contribution in [0.1, 0.15) is 65.7 Å². The van der Waals surface area contributed by atoms with Gasteiger partial charge >= 0.3 is 5.97 Å². The van der Waals surface area contributed by atoms with E-state index >= 15 is 0 Å². The third-order valence-electron chi connectivity index (χ3n) is 10.9. The number of carbonyl (C=O) groups excluding carboxylic acids is 1. The number of aliphatic hydroxyl groups excluding tert-OH is 2. The average molecular weight is 479 g/mol. The van der Waals surface area contributed by atoms with Crippen molar-refractivity contribution in [1.29, 1.82) is 0 Å². The molecule has 2 heterocycles. The van der Waals surface area contributed by atoms with Crippen LogP contribution in [-0.4, -0.2) is 74.9 Å². The second kappa shape index (κ2) is 7.05. The normalized spacial score (nSPS) is 55.6. The molecule has 190 valence electrons. The Morgan fingerprint density at radius 1 is 1.09 bits per heavy atom. The van der Waals surface area contributed by atoms with Crippen molar-refractivity contribution >= 4 is 5.97 Å². The second-order valence-electron chi connectivity index (χ2n) is 12.6. The molecule has 0 aromatic heterocycles. The molecule has 8 nitrogen and oxygen atoms in total. The summed E-state index contributed by atoms with van der Waals surface area (Å²) in [7, 11) is 0. The van der Waals surface area contributed by atoms with Gasteiger partial charge in [-0.05, 0) is 63.4 Å². The molecule has 4 aliphatic carbocycles. The van der Waals surface area contributed by atoms with Gasteiger partial charge in [0.1, 0.15) is 6.61 Å². The average Bonchev–Trinajstić information content (AvgIpc) is 3.27. The van der Waals surface area contributed by atoms with Gasteiger partial charge in [-0.3, -0.25) is 0 Å². The van der Waals surface area contributed by atoms with Crippen molar-refractivity contribution < 1.29 is 39.4 Å². The highest BCUT2D eigenvalue weighted by atomic mass is 16.7. The van der Waals surface area contributed by atoms with Crippen molar-refractivity contribution in [3.63, 3.8) is 0 Å². The third-order valence-corrected chi connectivity index (χ3v) is 10.9. The molecule has 2 aliphatic heterocycles. The first-order valence-corrected chi connectivity index (χ1v) is 12.9. The van der Waals surface area contributed by atoms with Gasteiger partial charge in [0.25, 0.3) is 0 Å². The fourth-order valence-electron chi connectivity index (χ4n) is 9.65. The van der Waals surface area contributed by atoms with E-state index in [1.165, 1.54) is 0 Å². The number of esters is 1. The van der Waals surface area contributed by atoms with E-state index in [0.717, 1.165) is 5.57 Å². The minimum absolute atomic E-state index is 0.0561. The first-order chi connectivity index (χ1) is 15.9. The SMILES string of the molecule is CC1(C)OC2CC(O1)C1(CO)C3C(CCC1(O)C2)C1(O)CCC(C2=CC(=O)OC2)C1(C)C[C@H]3O. The summed E-state index contributed by atoms with van der Waals surface area (Å²) in [5.74, 6) is -2.07. The number of cyclic esters (lactones) is 1. The van der Waals surface area contributed by atoms with Crippen LogP contribution in [0.2, 0.25) is 0 Å². The van der Waals surface area contributed by atoms with E-state index in [4.69, 9.17) is 14.2 Å². The Morgan fingerprint density at radius 3 is 2.53 bits per heavy atom. The van der Waals surface area contributed by atoms with Gasteiger partial charge in [0.2, 0.25) is 0 Å². The van der Waals surface area contributed by atoms with Crippen molar-refractivity contribution in [2.45, 2.75) is 101 Å². The molecule has 4 saturated carbocycles. The zero-order valence-electron chi connectivity index (χ0n) is 20.3. The first kappa shape index (κ1) is 23.4. The topological polar surface area (TPSA) is 126 Å². The molecule has 5 fully saturated rings. The lowest BCUT2D eigenvalue weighted by molar-refractivity contribution is -0.398. The minimum Gasteiger partial charge on any atom is -0.458 e. The van der Waals surface area contributed by atoms with Gasteiger partial charge in [-0.1, -0.05) is 6.92 Å². The zero-order valence-corrected chi connectivity index (χ0v) is 20.3. The zero-order chi connectivity index (χ0) is 24.3. The van der Waals surface area contributed by atoms with Gasteiger partial charge in [0.15, 0.2) is 5.79 Å². The summed E-state index contributed by atoms with van der Waals surface area (Å²) < 4.78 is 17.6. The fourth-order valence-corrected chi connectivity index (χ4v) is 9.65. The highest BCUT2D eigenvalue weighted by Crippen LogP contribution is 2.71. The molecule has 6 rings (SSSR count). The lowest BCUT2D eigenvalue weighted by atomic mass is 9.40. The molecule has 0 aromatic rings. The van der Waals surface area contributed by atoms with Crippen LogP contribution >= 0.6 is 0 Å². The van der Waals surface area contributed by atoms with E-state index in [-0.39, 0.29) is 37.1 Å². The summed E-state index contributed by atoms with van der Waals surface area (Å²) >= 11 is 0. The third kappa shape index (κ3) is 2.73. The number of hydrogen-bond acceptors (Lipinski definition) is 8. The predicted molar refractivity (Wildman–Crippen MR) is 119 cm³/mol. The van der Waals surface area contributed by atoms with Crippen molar-refractivity contribution in [3.8, 4) is 0 Å². The van der Waals surface area contributed by atoms with Crippen LogP contribution in [0.5, 0.6) is 0 Å². The molecule has 0 aromatic carbocycles. The van der Waals surface area contributed by atoms with E-state index < -0.39 is 45.9 Å². The number of fused-ring (bicyclic) bond motifs is 8. The van der Waals surface area contributed by atoms with E-state index in [9.17, 15) is 25.2 Å². The van der Waals surface area contributed by atoms with Gasteiger partial charge in [0, 0.05) is 30.3 Å². The minimum atomic E-state index is -1.25. The summed E-state index contributed by atoms with van der Waals surface area (Å²) in [6.07, 6.45) is 3.55. The summed E-state index contributed by atoms with van der Waals surface area (Å²) in [4.78, 5) is 11.8. The van der Waals surface area contributed by atoms with Crippen LogP contribution in [0.15, 0.2) is 11.6 Å². The number of rotatable bonds is 2. The summed E-state index contributed by atoms with van der Waals surface area (Å²) in [6.45, 7) is 5.66. The summed E-state index contributed by atoms with van der Waals surface area (Å²) in [5.41, 5.74) is -3.16. The molecule has 0 radical (unpaired) electrons. The van der Waals surface area contributed by atoms with Crippen LogP contribution in [0, 0.1) is 28.6 Å². The van der Waals surface area contributed by atoms with E-state index in [1.807, 2.05) is 20.8 Å². The number of hydrogen-bond donors (Lipinski definition) is 4. The number of ether oxygens (including phenoxy) is 3. The van der Waals surface area contributed by atoms with Gasteiger partial charge in [-0.2, -0.15) is 0 Å². The molecule has 0 spiro atoms. The van der Waals surface area contributed by atoms with Gasteiger partial charge in [-0.25, -0.2) is 4.79 Å². The Kier molecular flexibility index (Phi) is 4.84. The second-order valence-corrected chi connectivity index (χ2v) is 12.6. The lowest BCUT2D eigenvalue weighted by Gasteiger charge is -2.70. The maximum Gasteiger partial charge on any atom is 0.331 e. The van der Waals surface area contributed by atoms with E-state index in [0.29, 0.717) is 44.9 Å². The highest BCUT2D eigenvalue weighted by Gasteiger charge is 2.76. The van der Waals surface area contributed by atoms with Crippen LogP contribution in [0.4, 0.5) is 0 Å². The van der Waals surface area contributed by atoms with Gasteiger partial charge in [0.05, 0.1) is 41.5 Å². The Morgan fingerprint density at radius 2 is 1.85 bits per heavy atom. The summed E-state index contributed by atoms with van der Waals surface area (Å²) in [5, 5.41) is 47.2. The maximum atomic E-state index is 12.4. The molecule has 1 saturated heterocycles. The van der Waals surface area contributed by atoms with Crippen LogP contribution in [0.3, 0.4) is 0 Å². The largest absolute Gasteiger partial charge is 0.458 e. The van der Waals surface area contributed by atoms with Crippen LogP contribution in [0.25, 0.3) is 0 Å². The maximum absolute atomic E-state index is 12.4. The molecule has 8 heteroatoms. The van der Waals surface area contributed by atoms with Gasteiger partial charge < -0.3 is 34.6 Å². The Hall–Kier alpha value is -1.03. The molecular weight excluding hydrogens is 440 g/mol. The standard InChI is InChI=1S/C26H38O8/c1-22(2)33-15-9-19(34-22)25(13-27)21-17(4-6-24(25,30)10-15)26(31)7-5-16(14-8-20(29)32-12-14)23(26,3)11-18(21)28/h8,15-19,21,27-28,30-31H,4-7,9-13H2,1-3H3/t15?,16?,17?,18-,19?,21?,23?,24?,25?,26?/m1/s1. The van der Waals surface area contributed by atoms with Crippen molar-refractivity contribution in [3.05, 3.63) is 11.6 Å². The van der Waals surface area contributed by atoms with Crippen LogP contribution in [-0.2, 0) is 19.0 Å². The number of aliphatic hydroxyl groups is 4. The molecule has 2 bridgehead atoms. The smallest absolute Gasteiger partial charge is 0.331 e. The molecule has 9 unspecified atom stereocenters. The van der Waals surface area contributed by atoms with Crippen molar-refractivity contribution in [1.82, 2.24) is 0 Å². The molecule has 10 atom stereocenters. The molecule has 6 aliphatic rings. The molecule has 0 amide bonds. The monoisotopic (exact) mass is 478 g/mol. The Labute approximate surface area is 200 Å². The van der Waals surface area contributed by atoms with Gasteiger partial charge in [-0.15, -0.1) is 0 Å². The van der Waals surface area contributed by atoms with E-state index in [2.05, 4.69) is 0 Å². The number of carbonyl (C=O) groups is 1. The van der Waals surface area contributed by atoms with E-state index in [1.54, 1.807) is 6.08 Å². The van der Waals surface area contributed by atoms with Crippen molar-refractivity contribution in [2.75, 3.05) is 13.2 Å². The lowest BCUT2D eigenvalue weighted by Crippen LogP contribution is -2.77. The highest BCUT2D eigenvalue weighted by molar-refractivity contribution is 5.85. The molecular formula is C26H38O8. The molecule has 34 heavy (non-hydrogen) atoms. The Balaban J connectivity index is 1.43. The molecule has 4 N–H and O–H groups in total. The summed E-state index contributed by atoms with van der Waals surface area (Å²) in [6, 6.07) is 0. The van der Waals surface area contributed by atoms with Crippen LogP contribution < -0.4 is 0 Å². The first-order valence-electron chi connectivity index (χ1n) is 12.9.